The van der Waals surface area contributed by atoms with Gasteiger partial charge in [-0.3, -0.25) is 0 Å². The summed E-state index contributed by atoms with van der Waals surface area (Å²) in [6.45, 7) is 4.64. The highest BCUT2D eigenvalue weighted by molar-refractivity contribution is 6.18. The highest BCUT2D eigenvalue weighted by Gasteiger charge is 2.58. The minimum Gasteiger partial charge on any atom is -0.476 e. The molecule has 1 aromatic rings. The van der Waals surface area contributed by atoms with E-state index < -0.39 is 23.8 Å². The van der Waals surface area contributed by atoms with Crippen LogP contribution in [0.3, 0.4) is 0 Å². The Hall–Kier alpha value is -0.760. The van der Waals surface area contributed by atoms with Crippen LogP contribution in [0.15, 0.2) is 12.1 Å². The van der Waals surface area contributed by atoms with E-state index in [2.05, 4.69) is 0 Å². The lowest BCUT2D eigenvalue weighted by Crippen LogP contribution is -2.39. The molecule has 142 valence electrons. The van der Waals surface area contributed by atoms with Gasteiger partial charge in [0.2, 0.25) is 11.6 Å². The number of hydrogen-bond acceptors (Lipinski definition) is 6. The van der Waals surface area contributed by atoms with E-state index in [9.17, 15) is 0 Å². The molecule has 8 heteroatoms. The largest absolute Gasteiger partial charge is 0.476 e. The summed E-state index contributed by atoms with van der Waals surface area (Å²) in [5, 5.41) is 0. The van der Waals surface area contributed by atoms with Crippen LogP contribution in [0.4, 0.5) is 0 Å². The zero-order valence-electron chi connectivity index (χ0n) is 14.5. The van der Waals surface area contributed by atoms with Crippen molar-refractivity contribution in [2.45, 2.75) is 49.8 Å². The molecule has 0 aliphatic carbocycles. The molecule has 2 saturated heterocycles. The molecule has 5 rings (SSSR count). The van der Waals surface area contributed by atoms with E-state index in [0.29, 0.717) is 36.5 Å². The summed E-state index contributed by atoms with van der Waals surface area (Å²) < 4.78 is 36.2. The van der Waals surface area contributed by atoms with E-state index in [1.54, 1.807) is 0 Å². The topological polar surface area (TPSA) is 55.4 Å². The smallest absolute Gasteiger partial charge is 0.208 e. The van der Waals surface area contributed by atoms with Gasteiger partial charge in [0.05, 0.1) is 42.7 Å². The zero-order valence-corrected chi connectivity index (χ0v) is 16.0. The molecule has 4 aliphatic rings. The maximum atomic E-state index is 6.23. The van der Waals surface area contributed by atoms with Crippen LogP contribution in [0, 0.1) is 0 Å². The van der Waals surface area contributed by atoms with Crippen molar-refractivity contribution in [1.82, 2.24) is 0 Å². The number of alkyl halides is 2. The first-order valence-corrected chi connectivity index (χ1v) is 9.80. The molecule has 1 aromatic carbocycles. The fourth-order valence-electron chi connectivity index (χ4n) is 4.18. The number of ether oxygens (including phenoxy) is 6. The van der Waals surface area contributed by atoms with Crippen molar-refractivity contribution in [2.75, 3.05) is 25.0 Å². The van der Waals surface area contributed by atoms with Crippen molar-refractivity contribution < 1.29 is 28.4 Å². The lowest BCUT2D eigenvalue weighted by atomic mass is 9.94. The molecule has 0 amide bonds. The molecule has 0 N–H and O–H groups in total. The molecule has 2 fully saturated rings. The summed E-state index contributed by atoms with van der Waals surface area (Å²) in [5.41, 5.74) is 1.90. The van der Waals surface area contributed by atoms with E-state index in [1.165, 1.54) is 0 Å². The molecule has 6 atom stereocenters. The van der Waals surface area contributed by atoms with E-state index in [1.807, 2.05) is 26.0 Å². The fourth-order valence-corrected chi connectivity index (χ4v) is 4.48. The molecular formula is C18H20Cl2O6. The number of rotatable bonds is 4. The maximum Gasteiger partial charge on any atom is 0.208 e. The predicted octanol–water partition coefficient (Wildman–Crippen LogP) is 3.29. The standard InChI is InChI=1S/C18H20Cl2O6/c1-17(21-7-9(5-19)25-17)15-11-3-4-12-14(24-15)13(11)16(23-12)18(2)22-8-10(6-20)26-18/h3-4,9-10,15-16H,5-8H2,1-2H3. The average molecular weight is 403 g/mol. The maximum absolute atomic E-state index is 6.23. The van der Waals surface area contributed by atoms with E-state index in [0.717, 1.165) is 11.1 Å². The molecule has 0 aromatic heterocycles. The quantitative estimate of drug-likeness (QED) is 0.720. The Bertz CT molecular complexity index is 745. The molecule has 4 bridgehead atoms. The minimum absolute atomic E-state index is 0.148. The zero-order chi connectivity index (χ0) is 18.1. The third-order valence-electron chi connectivity index (χ3n) is 5.43. The second-order valence-corrected chi connectivity index (χ2v) is 7.95. The summed E-state index contributed by atoms with van der Waals surface area (Å²) in [6.07, 6.45) is -1.12. The van der Waals surface area contributed by atoms with Gasteiger partial charge in [-0.1, -0.05) is 6.07 Å². The minimum atomic E-state index is -0.922. The Labute approximate surface area is 161 Å². The number of benzene rings is 1. The molecule has 0 radical (unpaired) electrons. The Balaban J connectivity index is 1.47. The van der Waals surface area contributed by atoms with E-state index in [4.69, 9.17) is 51.6 Å². The van der Waals surface area contributed by atoms with E-state index in [-0.39, 0.29) is 12.2 Å². The summed E-state index contributed by atoms with van der Waals surface area (Å²) in [4.78, 5) is 0. The third-order valence-corrected chi connectivity index (χ3v) is 6.12. The Morgan fingerprint density at radius 2 is 1.54 bits per heavy atom. The van der Waals surface area contributed by atoms with Gasteiger partial charge < -0.3 is 28.4 Å². The van der Waals surface area contributed by atoms with Gasteiger partial charge in [0.1, 0.15) is 0 Å². The number of hydrogen-bond donors (Lipinski definition) is 0. The van der Waals surface area contributed by atoms with Gasteiger partial charge >= 0.3 is 0 Å². The summed E-state index contributed by atoms with van der Waals surface area (Å²) in [7, 11) is 0. The molecule has 6 unspecified atom stereocenters. The van der Waals surface area contributed by atoms with Gasteiger partial charge in [-0.2, -0.15) is 0 Å². The second kappa shape index (κ2) is 5.87. The molecule has 0 saturated carbocycles. The summed E-state index contributed by atoms with van der Waals surface area (Å²) in [6, 6.07) is 3.90. The first-order chi connectivity index (χ1) is 12.5. The van der Waals surface area contributed by atoms with Gasteiger partial charge in [0.15, 0.2) is 23.7 Å². The van der Waals surface area contributed by atoms with Crippen molar-refractivity contribution >= 4 is 23.2 Å². The first-order valence-electron chi connectivity index (χ1n) is 8.73. The normalized spacial score (nSPS) is 42.9. The SMILES string of the molecule is CC1(C2Oc3c4ccc2c3C(C2(C)OCC(CCl)O2)O4)OCC(CCl)O1. The predicted molar refractivity (Wildman–Crippen MR) is 93.1 cm³/mol. The Kier molecular flexibility index (Phi) is 3.91. The van der Waals surface area contributed by atoms with Crippen molar-refractivity contribution in [3.63, 3.8) is 0 Å². The van der Waals surface area contributed by atoms with Crippen LogP contribution in [0.5, 0.6) is 11.5 Å². The molecule has 4 heterocycles. The van der Waals surface area contributed by atoms with Gasteiger partial charge in [-0.15, -0.1) is 23.2 Å². The monoisotopic (exact) mass is 402 g/mol. The molecule has 4 aliphatic heterocycles. The Morgan fingerprint density at radius 3 is 2.12 bits per heavy atom. The molecule has 26 heavy (non-hydrogen) atoms. The van der Waals surface area contributed by atoms with Crippen LogP contribution in [0.2, 0.25) is 0 Å². The van der Waals surface area contributed by atoms with Crippen molar-refractivity contribution in [1.29, 1.82) is 0 Å². The summed E-state index contributed by atoms with van der Waals surface area (Å²) in [5.74, 6) is 0.314. The Morgan fingerprint density at radius 1 is 0.923 bits per heavy atom. The van der Waals surface area contributed by atoms with Crippen LogP contribution >= 0.6 is 23.2 Å². The number of halogens is 2. The second-order valence-electron chi connectivity index (χ2n) is 7.33. The molecule has 0 spiro atoms. The van der Waals surface area contributed by atoms with Crippen molar-refractivity contribution in [3.05, 3.63) is 23.3 Å². The van der Waals surface area contributed by atoms with Crippen LogP contribution < -0.4 is 9.47 Å². The highest BCUT2D eigenvalue weighted by Crippen LogP contribution is 2.60. The fraction of sp³-hybridized carbons (Fsp3) is 0.667. The highest BCUT2D eigenvalue weighted by atomic mass is 35.5. The summed E-state index contributed by atoms with van der Waals surface area (Å²) >= 11 is 11.9. The van der Waals surface area contributed by atoms with Gasteiger partial charge in [0, 0.05) is 5.56 Å². The molecular weight excluding hydrogens is 383 g/mol. The average Bonchev–Trinajstić information content (AvgIpc) is 3.33. The molecule has 6 nitrogen and oxygen atoms in total. The van der Waals surface area contributed by atoms with Crippen LogP contribution in [-0.4, -0.2) is 48.8 Å². The van der Waals surface area contributed by atoms with Crippen LogP contribution in [-0.2, 0) is 18.9 Å². The van der Waals surface area contributed by atoms with Crippen molar-refractivity contribution in [3.8, 4) is 11.5 Å². The lowest BCUT2D eigenvalue weighted by Gasteiger charge is -2.32. The van der Waals surface area contributed by atoms with Gasteiger partial charge in [-0.25, -0.2) is 0 Å². The lowest BCUT2D eigenvalue weighted by molar-refractivity contribution is -0.211. The first kappa shape index (κ1) is 17.3. The van der Waals surface area contributed by atoms with E-state index >= 15 is 0 Å². The van der Waals surface area contributed by atoms with Gasteiger partial charge in [0.25, 0.3) is 0 Å². The van der Waals surface area contributed by atoms with Gasteiger partial charge in [-0.05, 0) is 19.9 Å². The van der Waals surface area contributed by atoms with Crippen molar-refractivity contribution in [2.24, 2.45) is 0 Å². The van der Waals surface area contributed by atoms with Crippen LogP contribution in [0.1, 0.15) is 37.2 Å². The third kappa shape index (κ3) is 2.33. The van der Waals surface area contributed by atoms with Crippen LogP contribution in [0.25, 0.3) is 0 Å².